The minimum Gasteiger partial charge on any atom is -0.396 e. The van der Waals surface area contributed by atoms with Gasteiger partial charge >= 0.3 is 0 Å². The number of halogens is 2. The van der Waals surface area contributed by atoms with Gasteiger partial charge in [-0.1, -0.05) is 0 Å². The predicted molar refractivity (Wildman–Crippen MR) is 74.4 cm³/mol. The molecule has 2 rings (SSSR count). The first kappa shape index (κ1) is 14.5. The summed E-state index contributed by atoms with van der Waals surface area (Å²) in [5, 5.41) is 14.8. The highest BCUT2D eigenvalue weighted by atomic mass is 79.9. The molecular weight excluding hydrogens is 310 g/mol. The van der Waals surface area contributed by atoms with Gasteiger partial charge in [0, 0.05) is 18.7 Å². The van der Waals surface area contributed by atoms with E-state index in [4.69, 9.17) is 5.11 Å². The highest BCUT2D eigenvalue weighted by Gasteiger charge is 2.35. The standard InChI is InChI=1S/C11H16BrNOS.ClH/c12-10-6-9(8-15-10)7-13-11(4-5-14)2-1-3-11;/h6,8,13-14H,1-5,7H2;1H. The van der Waals surface area contributed by atoms with Gasteiger partial charge in [-0.3, -0.25) is 0 Å². The van der Waals surface area contributed by atoms with Gasteiger partial charge in [-0.05, 0) is 58.6 Å². The molecule has 0 atom stereocenters. The molecule has 92 valence electrons. The molecule has 0 unspecified atom stereocenters. The lowest BCUT2D eigenvalue weighted by Gasteiger charge is -2.42. The third-order valence-corrected chi connectivity index (χ3v) is 4.74. The van der Waals surface area contributed by atoms with E-state index < -0.39 is 0 Å². The Morgan fingerprint density at radius 3 is 2.69 bits per heavy atom. The van der Waals surface area contributed by atoms with Crippen LogP contribution in [0.25, 0.3) is 0 Å². The fraction of sp³-hybridized carbons (Fsp3) is 0.636. The van der Waals surface area contributed by atoms with Gasteiger partial charge in [0.2, 0.25) is 0 Å². The highest BCUT2D eigenvalue weighted by molar-refractivity contribution is 9.11. The molecule has 2 N–H and O–H groups in total. The first-order chi connectivity index (χ1) is 7.24. The molecule has 2 nitrogen and oxygen atoms in total. The molecule has 0 radical (unpaired) electrons. The molecule has 0 bridgehead atoms. The van der Waals surface area contributed by atoms with E-state index in [1.165, 1.54) is 28.6 Å². The van der Waals surface area contributed by atoms with E-state index in [-0.39, 0.29) is 17.9 Å². The van der Waals surface area contributed by atoms with Crippen LogP contribution in [0, 0.1) is 0 Å². The quantitative estimate of drug-likeness (QED) is 0.870. The zero-order chi connectivity index (χ0) is 10.7. The van der Waals surface area contributed by atoms with E-state index in [1.807, 2.05) is 0 Å². The molecule has 5 heteroatoms. The Kier molecular flexibility index (Phi) is 5.74. The van der Waals surface area contributed by atoms with Gasteiger partial charge < -0.3 is 10.4 Å². The van der Waals surface area contributed by atoms with Gasteiger partial charge in [0.15, 0.2) is 0 Å². The van der Waals surface area contributed by atoms with Gasteiger partial charge in [0.25, 0.3) is 0 Å². The van der Waals surface area contributed by atoms with E-state index in [0.29, 0.717) is 6.61 Å². The van der Waals surface area contributed by atoms with Gasteiger partial charge in [0.1, 0.15) is 0 Å². The lowest BCUT2D eigenvalue weighted by molar-refractivity contribution is 0.130. The molecule has 0 amide bonds. The maximum absolute atomic E-state index is 9.02. The summed E-state index contributed by atoms with van der Waals surface area (Å²) in [5.41, 5.74) is 1.56. The topological polar surface area (TPSA) is 32.3 Å². The largest absolute Gasteiger partial charge is 0.396 e. The number of aliphatic hydroxyl groups is 1. The Morgan fingerprint density at radius 2 is 2.25 bits per heavy atom. The lowest BCUT2D eigenvalue weighted by Crippen LogP contribution is -2.51. The van der Waals surface area contributed by atoms with Crippen molar-refractivity contribution < 1.29 is 5.11 Å². The molecular formula is C11H17BrClNOS. The Hall–Kier alpha value is 0.390. The SMILES string of the molecule is Cl.OCCC1(NCc2csc(Br)c2)CCC1. The van der Waals surface area contributed by atoms with Crippen LogP contribution in [0.3, 0.4) is 0 Å². The fourth-order valence-corrected chi connectivity index (χ4v) is 3.27. The van der Waals surface area contributed by atoms with Crippen molar-refractivity contribution in [2.45, 2.75) is 37.8 Å². The highest BCUT2D eigenvalue weighted by Crippen LogP contribution is 2.35. The van der Waals surface area contributed by atoms with Crippen molar-refractivity contribution in [1.29, 1.82) is 0 Å². The van der Waals surface area contributed by atoms with Gasteiger partial charge in [-0.15, -0.1) is 23.7 Å². The molecule has 1 aromatic heterocycles. The Labute approximate surface area is 115 Å². The minimum atomic E-state index is 0. The molecule has 0 aliphatic heterocycles. The second-order valence-electron chi connectivity index (χ2n) is 4.22. The number of hydrogen-bond donors (Lipinski definition) is 2. The summed E-state index contributed by atoms with van der Waals surface area (Å²) in [6, 6.07) is 2.16. The van der Waals surface area contributed by atoms with Crippen molar-refractivity contribution >= 4 is 39.7 Å². The average Bonchev–Trinajstić information content (AvgIpc) is 2.56. The second kappa shape index (κ2) is 6.36. The molecule has 1 aromatic rings. The predicted octanol–water partition coefficient (Wildman–Crippen LogP) is 3.33. The summed E-state index contributed by atoms with van der Waals surface area (Å²) in [6.45, 7) is 1.21. The van der Waals surface area contributed by atoms with E-state index in [0.717, 1.165) is 13.0 Å². The Bertz CT molecular complexity index is 328. The van der Waals surface area contributed by atoms with E-state index in [2.05, 4.69) is 32.7 Å². The number of nitrogens with one attached hydrogen (secondary N) is 1. The fourth-order valence-electron chi connectivity index (χ4n) is 2.06. The first-order valence-corrected chi connectivity index (χ1v) is 7.00. The van der Waals surface area contributed by atoms with Gasteiger partial charge in [-0.2, -0.15) is 0 Å². The van der Waals surface area contributed by atoms with Gasteiger partial charge in [-0.25, -0.2) is 0 Å². The maximum Gasteiger partial charge on any atom is 0.0701 e. The monoisotopic (exact) mass is 325 g/mol. The summed E-state index contributed by atoms with van der Waals surface area (Å²) >= 11 is 5.19. The van der Waals surface area contributed by atoms with Crippen LogP contribution in [0.1, 0.15) is 31.2 Å². The smallest absolute Gasteiger partial charge is 0.0701 e. The molecule has 0 saturated heterocycles. The normalized spacial score (nSPS) is 17.6. The summed E-state index contributed by atoms with van der Waals surface area (Å²) in [4.78, 5) is 0. The van der Waals surface area contributed by atoms with Crippen LogP contribution in [0.2, 0.25) is 0 Å². The molecule has 1 fully saturated rings. The Morgan fingerprint density at radius 1 is 1.50 bits per heavy atom. The van der Waals surface area contributed by atoms with Crippen LogP contribution < -0.4 is 5.32 Å². The van der Waals surface area contributed by atoms with E-state index in [9.17, 15) is 0 Å². The molecule has 1 aliphatic rings. The zero-order valence-corrected chi connectivity index (χ0v) is 12.3. The Balaban J connectivity index is 0.00000128. The molecule has 1 heterocycles. The van der Waals surface area contributed by atoms with E-state index >= 15 is 0 Å². The summed E-state index contributed by atoms with van der Waals surface area (Å²) in [7, 11) is 0. The van der Waals surface area contributed by atoms with Crippen LogP contribution in [-0.4, -0.2) is 17.3 Å². The van der Waals surface area contributed by atoms with Crippen LogP contribution >= 0.6 is 39.7 Å². The number of rotatable bonds is 5. The van der Waals surface area contributed by atoms with Crippen LogP contribution in [0.15, 0.2) is 15.2 Å². The number of thiophene rings is 1. The van der Waals surface area contributed by atoms with E-state index in [1.54, 1.807) is 11.3 Å². The third-order valence-electron chi connectivity index (χ3n) is 3.19. The van der Waals surface area contributed by atoms with Crippen LogP contribution in [-0.2, 0) is 6.54 Å². The minimum absolute atomic E-state index is 0. The average molecular weight is 327 g/mol. The third kappa shape index (κ3) is 3.44. The summed E-state index contributed by atoms with van der Waals surface area (Å²) in [6.07, 6.45) is 4.59. The van der Waals surface area contributed by atoms with Crippen LogP contribution in [0.4, 0.5) is 0 Å². The van der Waals surface area contributed by atoms with Crippen molar-refractivity contribution in [3.63, 3.8) is 0 Å². The first-order valence-electron chi connectivity index (χ1n) is 5.33. The van der Waals surface area contributed by atoms with Gasteiger partial charge in [0.05, 0.1) is 3.79 Å². The number of aliphatic hydroxyl groups excluding tert-OH is 1. The van der Waals surface area contributed by atoms with Crippen molar-refractivity contribution in [2.24, 2.45) is 0 Å². The molecule has 0 aromatic carbocycles. The second-order valence-corrected chi connectivity index (χ2v) is 6.51. The van der Waals surface area contributed by atoms with Crippen molar-refractivity contribution in [1.82, 2.24) is 5.32 Å². The number of hydrogen-bond acceptors (Lipinski definition) is 3. The molecule has 16 heavy (non-hydrogen) atoms. The zero-order valence-electron chi connectivity index (χ0n) is 9.04. The van der Waals surface area contributed by atoms with Crippen molar-refractivity contribution in [3.05, 3.63) is 20.8 Å². The summed E-state index contributed by atoms with van der Waals surface area (Å²) < 4.78 is 1.18. The summed E-state index contributed by atoms with van der Waals surface area (Å²) in [5.74, 6) is 0. The van der Waals surface area contributed by atoms with Crippen molar-refractivity contribution in [2.75, 3.05) is 6.61 Å². The van der Waals surface area contributed by atoms with Crippen LogP contribution in [0.5, 0.6) is 0 Å². The molecule has 1 aliphatic carbocycles. The molecule has 1 saturated carbocycles. The lowest BCUT2D eigenvalue weighted by atomic mass is 9.74. The van der Waals surface area contributed by atoms with Crippen molar-refractivity contribution in [3.8, 4) is 0 Å². The maximum atomic E-state index is 9.02. The molecule has 0 spiro atoms.